The van der Waals surface area contributed by atoms with Crippen molar-refractivity contribution in [2.45, 2.75) is 71.1 Å². The van der Waals surface area contributed by atoms with Gasteiger partial charge in [-0.25, -0.2) is 0 Å². The Hall–Kier alpha value is -2.61. The van der Waals surface area contributed by atoms with Crippen molar-refractivity contribution in [1.29, 1.82) is 0 Å². The Morgan fingerprint density at radius 3 is 2.27 bits per heavy atom. The highest BCUT2D eigenvalue weighted by molar-refractivity contribution is 6.09. The summed E-state index contributed by atoms with van der Waals surface area (Å²) >= 11 is 0. The van der Waals surface area contributed by atoms with Crippen molar-refractivity contribution in [3.8, 4) is 11.3 Å². The van der Waals surface area contributed by atoms with Crippen molar-refractivity contribution in [2.24, 2.45) is 0 Å². The van der Waals surface area contributed by atoms with E-state index in [0.29, 0.717) is 5.92 Å². The third-order valence-electron chi connectivity index (χ3n) is 7.20. The first-order valence-corrected chi connectivity index (χ1v) is 11.1. The maximum Gasteiger partial charge on any atom is 0.144 e. The molecule has 0 fully saturated rings. The summed E-state index contributed by atoms with van der Waals surface area (Å²) in [6, 6.07) is 15.5. The summed E-state index contributed by atoms with van der Waals surface area (Å²) in [4.78, 5) is 4.68. The molecule has 0 aliphatic heterocycles. The molecule has 2 heterocycles. The average molecular weight is 398 g/mol. The monoisotopic (exact) mass is 397 g/mol. The van der Waals surface area contributed by atoms with Gasteiger partial charge in [0.25, 0.3) is 0 Å². The Morgan fingerprint density at radius 2 is 1.57 bits per heavy atom. The first-order valence-electron chi connectivity index (χ1n) is 11.1. The predicted octanol–water partition coefficient (Wildman–Crippen LogP) is 8.12. The van der Waals surface area contributed by atoms with Crippen LogP contribution in [0, 0.1) is 0 Å². The summed E-state index contributed by atoms with van der Waals surface area (Å²) in [5.41, 5.74) is 8.56. The number of pyridine rings is 1. The second kappa shape index (κ2) is 6.44. The fourth-order valence-corrected chi connectivity index (χ4v) is 5.01. The van der Waals surface area contributed by atoms with Crippen LogP contribution in [0.1, 0.15) is 77.0 Å². The average Bonchev–Trinajstić information content (AvgIpc) is 3.09. The molecule has 30 heavy (non-hydrogen) atoms. The number of hydrogen-bond acceptors (Lipinski definition) is 2. The lowest BCUT2D eigenvalue weighted by atomic mass is 9.63. The smallest absolute Gasteiger partial charge is 0.144 e. The van der Waals surface area contributed by atoms with Gasteiger partial charge in [0.2, 0.25) is 0 Å². The van der Waals surface area contributed by atoms with Crippen LogP contribution in [0.4, 0.5) is 0 Å². The maximum atomic E-state index is 6.53. The Kier molecular flexibility index (Phi) is 4.16. The van der Waals surface area contributed by atoms with E-state index < -0.39 is 0 Å². The minimum Gasteiger partial charge on any atom is -0.455 e. The van der Waals surface area contributed by atoms with E-state index in [4.69, 9.17) is 4.42 Å². The molecule has 2 aromatic heterocycles. The number of fused-ring (bicyclic) bond motifs is 4. The van der Waals surface area contributed by atoms with Gasteiger partial charge >= 0.3 is 0 Å². The van der Waals surface area contributed by atoms with Crippen LogP contribution in [0.2, 0.25) is 0 Å². The van der Waals surface area contributed by atoms with E-state index in [1.165, 1.54) is 40.3 Å². The topological polar surface area (TPSA) is 26.0 Å². The molecule has 2 heteroatoms. The number of hydrogen-bond donors (Lipinski definition) is 0. The van der Waals surface area contributed by atoms with Gasteiger partial charge in [0.05, 0.1) is 5.69 Å². The van der Waals surface area contributed by atoms with Crippen molar-refractivity contribution in [3.63, 3.8) is 0 Å². The largest absolute Gasteiger partial charge is 0.455 e. The van der Waals surface area contributed by atoms with Crippen LogP contribution in [0.3, 0.4) is 0 Å². The predicted molar refractivity (Wildman–Crippen MR) is 126 cm³/mol. The fourth-order valence-electron chi connectivity index (χ4n) is 5.01. The van der Waals surface area contributed by atoms with Gasteiger partial charge in [-0.1, -0.05) is 53.7 Å². The number of rotatable bonds is 2. The van der Waals surface area contributed by atoms with E-state index in [9.17, 15) is 0 Å². The lowest BCUT2D eigenvalue weighted by Gasteiger charge is -2.41. The molecular formula is C28H31NO. The zero-order chi connectivity index (χ0) is 21.3. The number of aromatic nitrogens is 1. The summed E-state index contributed by atoms with van der Waals surface area (Å²) in [6.45, 7) is 13.9. The molecule has 0 spiro atoms. The first kappa shape index (κ1) is 19.4. The van der Waals surface area contributed by atoms with Crippen molar-refractivity contribution in [3.05, 3.63) is 65.4 Å². The molecule has 4 aromatic rings. The van der Waals surface area contributed by atoms with E-state index in [2.05, 4.69) is 89.0 Å². The molecule has 2 nitrogen and oxygen atoms in total. The molecule has 5 rings (SSSR count). The minimum atomic E-state index is 0.175. The van der Waals surface area contributed by atoms with E-state index in [0.717, 1.165) is 22.4 Å². The first-order chi connectivity index (χ1) is 14.2. The van der Waals surface area contributed by atoms with Crippen LogP contribution < -0.4 is 0 Å². The molecule has 0 radical (unpaired) electrons. The van der Waals surface area contributed by atoms with Crippen LogP contribution in [0.15, 0.2) is 53.1 Å². The molecule has 2 aromatic carbocycles. The van der Waals surface area contributed by atoms with Gasteiger partial charge in [-0.3, -0.25) is 4.98 Å². The molecule has 0 saturated carbocycles. The van der Waals surface area contributed by atoms with E-state index in [1.807, 2.05) is 6.20 Å². The highest BCUT2D eigenvalue weighted by Crippen LogP contribution is 2.48. The summed E-state index contributed by atoms with van der Waals surface area (Å²) in [6.07, 6.45) is 4.33. The molecule has 0 saturated heterocycles. The molecule has 0 unspecified atom stereocenters. The number of nitrogens with zero attached hydrogens (tertiary/aromatic N) is 1. The Balaban J connectivity index is 1.79. The normalized spacial score (nSPS) is 17.6. The molecule has 1 aliphatic rings. The molecule has 0 bridgehead atoms. The van der Waals surface area contributed by atoms with E-state index >= 15 is 0 Å². The lowest BCUT2D eigenvalue weighted by molar-refractivity contribution is 0.332. The summed E-state index contributed by atoms with van der Waals surface area (Å²) in [5, 5.41) is 2.40. The van der Waals surface area contributed by atoms with Crippen molar-refractivity contribution in [2.75, 3.05) is 0 Å². The van der Waals surface area contributed by atoms with Crippen LogP contribution in [0.5, 0.6) is 0 Å². The standard InChI is InChI=1S/C28H31NO/c1-17(2)18-10-13-29-24(14-18)20-9-7-8-19-21-15-22-23(16-25(21)30-26(19)20)28(5,6)12-11-27(22,3)4/h7-10,13-17H,11-12H2,1-6H3. The Labute approximate surface area is 179 Å². The van der Waals surface area contributed by atoms with Gasteiger partial charge in [-0.05, 0) is 76.6 Å². The minimum absolute atomic E-state index is 0.175. The third kappa shape index (κ3) is 2.88. The number of furan rings is 1. The van der Waals surface area contributed by atoms with Crippen LogP contribution in [-0.2, 0) is 10.8 Å². The van der Waals surface area contributed by atoms with Gasteiger partial charge in [0.15, 0.2) is 0 Å². The van der Waals surface area contributed by atoms with E-state index in [1.54, 1.807) is 0 Å². The van der Waals surface area contributed by atoms with Gasteiger partial charge in [0.1, 0.15) is 11.2 Å². The third-order valence-corrected chi connectivity index (χ3v) is 7.20. The van der Waals surface area contributed by atoms with Gasteiger partial charge < -0.3 is 4.42 Å². The zero-order valence-electron chi connectivity index (χ0n) is 19.0. The second-order valence-corrected chi connectivity index (χ2v) is 10.6. The fraction of sp³-hybridized carbons (Fsp3) is 0.393. The van der Waals surface area contributed by atoms with Gasteiger partial charge in [-0.2, -0.15) is 0 Å². The van der Waals surface area contributed by atoms with Crippen LogP contribution in [0.25, 0.3) is 33.2 Å². The quantitative estimate of drug-likeness (QED) is 0.341. The lowest BCUT2D eigenvalue weighted by Crippen LogP contribution is -2.33. The summed E-state index contributed by atoms with van der Waals surface area (Å²) in [7, 11) is 0. The Bertz CT molecular complexity index is 1270. The SMILES string of the molecule is CC(C)c1ccnc(-c2cccc3c2oc2cc4c(cc23)C(C)(C)CCC4(C)C)c1. The summed E-state index contributed by atoms with van der Waals surface area (Å²) in [5.74, 6) is 0.470. The molecule has 0 N–H and O–H groups in total. The molecule has 154 valence electrons. The number of para-hydroxylation sites is 1. The number of benzene rings is 2. The van der Waals surface area contributed by atoms with Crippen molar-refractivity contribution in [1.82, 2.24) is 4.98 Å². The second-order valence-electron chi connectivity index (χ2n) is 10.6. The van der Waals surface area contributed by atoms with Gasteiger partial charge in [0, 0.05) is 22.5 Å². The van der Waals surface area contributed by atoms with Gasteiger partial charge in [-0.15, -0.1) is 0 Å². The van der Waals surface area contributed by atoms with Crippen LogP contribution in [-0.4, -0.2) is 4.98 Å². The van der Waals surface area contributed by atoms with Crippen molar-refractivity contribution >= 4 is 21.9 Å². The maximum absolute atomic E-state index is 6.53. The highest BCUT2D eigenvalue weighted by Gasteiger charge is 2.37. The molecular weight excluding hydrogens is 366 g/mol. The Morgan fingerprint density at radius 1 is 0.867 bits per heavy atom. The van der Waals surface area contributed by atoms with E-state index in [-0.39, 0.29) is 10.8 Å². The zero-order valence-corrected chi connectivity index (χ0v) is 19.0. The van der Waals surface area contributed by atoms with Crippen LogP contribution >= 0.6 is 0 Å². The molecule has 0 amide bonds. The summed E-state index contributed by atoms with van der Waals surface area (Å²) < 4.78 is 6.53. The van der Waals surface area contributed by atoms with Crippen molar-refractivity contribution < 1.29 is 4.42 Å². The molecule has 1 aliphatic carbocycles. The molecule has 0 atom stereocenters. The highest BCUT2D eigenvalue weighted by atomic mass is 16.3.